The van der Waals surface area contributed by atoms with Gasteiger partial charge < -0.3 is 16.0 Å². The lowest BCUT2D eigenvalue weighted by Gasteiger charge is -2.36. The topological polar surface area (TPSA) is 41.3 Å². The van der Waals surface area contributed by atoms with Crippen LogP contribution in [0.25, 0.3) is 0 Å². The minimum Gasteiger partial charge on any atom is -0.382 e. The van der Waals surface area contributed by atoms with Crippen molar-refractivity contribution in [2.45, 2.75) is 19.4 Å². The number of fused-ring (bicyclic) bond motifs is 1. The standard InChI is InChI=1S/C12H19N3.2ClH/c1-12(2,13)9-15-8-7-14-10-5-3-4-6-11(10)15;;/h3-6,14H,7-9,13H2,1-2H3;2*1H. The van der Waals surface area contributed by atoms with Gasteiger partial charge in [-0.05, 0) is 26.0 Å². The van der Waals surface area contributed by atoms with Crippen LogP contribution in [0.15, 0.2) is 24.3 Å². The molecule has 1 aliphatic rings. The van der Waals surface area contributed by atoms with Crippen molar-refractivity contribution in [3.05, 3.63) is 24.3 Å². The lowest BCUT2D eigenvalue weighted by Crippen LogP contribution is -2.48. The maximum absolute atomic E-state index is 6.06. The molecule has 3 N–H and O–H groups in total. The summed E-state index contributed by atoms with van der Waals surface area (Å²) >= 11 is 0. The largest absolute Gasteiger partial charge is 0.382 e. The van der Waals surface area contributed by atoms with Crippen LogP contribution < -0.4 is 16.0 Å². The van der Waals surface area contributed by atoms with Crippen molar-refractivity contribution in [1.82, 2.24) is 0 Å². The lowest BCUT2D eigenvalue weighted by atomic mass is 10.1. The van der Waals surface area contributed by atoms with Gasteiger partial charge in [-0.1, -0.05) is 12.1 Å². The lowest BCUT2D eigenvalue weighted by molar-refractivity contribution is 0.506. The highest BCUT2D eigenvalue weighted by Crippen LogP contribution is 2.28. The highest BCUT2D eigenvalue weighted by molar-refractivity contribution is 5.85. The van der Waals surface area contributed by atoms with E-state index in [1.165, 1.54) is 11.4 Å². The minimum atomic E-state index is -0.148. The molecule has 0 aliphatic carbocycles. The zero-order chi connectivity index (χ0) is 10.9. The van der Waals surface area contributed by atoms with E-state index in [9.17, 15) is 0 Å². The first kappa shape index (κ1) is 16.4. The molecule has 0 spiro atoms. The SMILES string of the molecule is CC(C)(N)CN1CCNc2ccccc21.Cl.Cl. The molecule has 0 fully saturated rings. The average Bonchev–Trinajstić information content (AvgIpc) is 2.16. The van der Waals surface area contributed by atoms with E-state index in [0.29, 0.717) is 0 Å². The van der Waals surface area contributed by atoms with Gasteiger partial charge in [0.15, 0.2) is 0 Å². The maximum atomic E-state index is 6.06. The molecule has 98 valence electrons. The summed E-state index contributed by atoms with van der Waals surface area (Å²) in [6.07, 6.45) is 0. The number of nitrogens with two attached hydrogens (primary N) is 1. The van der Waals surface area contributed by atoms with Gasteiger partial charge in [-0.3, -0.25) is 0 Å². The van der Waals surface area contributed by atoms with Gasteiger partial charge in [0.25, 0.3) is 0 Å². The Kier molecular flexibility index (Phi) is 6.10. The van der Waals surface area contributed by atoms with Gasteiger partial charge in [0.05, 0.1) is 11.4 Å². The van der Waals surface area contributed by atoms with Crippen LogP contribution >= 0.6 is 24.8 Å². The quantitative estimate of drug-likeness (QED) is 0.873. The second kappa shape index (κ2) is 6.34. The molecule has 0 saturated heterocycles. The molecule has 5 heteroatoms. The van der Waals surface area contributed by atoms with Crippen LogP contribution in [0.5, 0.6) is 0 Å². The molecule has 1 aliphatic heterocycles. The molecule has 1 aromatic rings. The number of nitrogens with one attached hydrogen (secondary N) is 1. The van der Waals surface area contributed by atoms with Crippen molar-refractivity contribution in [2.75, 3.05) is 29.9 Å². The van der Waals surface area contributed by atoms with E-state index in [2.05, 4.69) is 48.3 Å². The van der Waals surface area contributed by atoms with Crippen LogP contribution in [-0.4, -0.2) is 25.2 Å². The predicted octanol–water partition coefficient (Wildman–Crippen LogP) is 2.50. The predicted molar refractivity (Wildman–Crippen MR) is 79.9 cm³/mol. The Morgan fingerprint density at radius 2 is 1.94 bits per heavy atom. The van der Waals surface area contributed by atoms with Crippen LogP contribution in [-0.2, 0) is 0 Å². The number of para-hydroxylation sites is 2. The third-order valence-electron chi connectivity index (χ3n) is 2.54. The molecule has 0 aromatic heterocycles. The van der Waals surface area contributed by atoms with Gasteiger partial charge in [-0.2, -0.15) is 0 Å². The van der Waals surface area contributed by atoms with Crippen LogP contribution in [0.2, 0.25) is 0 Å². The fourth-order valence-electron chi connectivity index (χ4n) is 2.00. The number of rotatable bonds is 2. The molecule has 1 aromatic carbocycles. The van der Waals surface area contributed by atoms with Gasteiger partial charge >= 0.3 is 0 Å². The fourth-order valence-corrected chi connectivity index (χ4v) is 2.00. The first-order valence-corrected chi connectivity index (χ1v) is 5.43. The molecule has 17 heavy (non-hydrogen) atoms. The highest BCUT2D eigenvalue weighted by Gasteiger charge is 2.21. The van der Waals surface area contributed by atoms with Gasteiger partial charge in [-0.25, -0.2) is 0 Å². The Morgan fingerprint density at radius 3 is 2.59 bits per heavy atom. The Balaban J connectivity index is 0.00000128. The Bertz CT molecular complexity index is 350. The Labute approximate surface area is 116 Å². The van der Waals surface area contributed by atoms with Crippen molar-refractivity contribution >= 4 is 36.2 Å². The third kappa shape index (κ3) is 4.26. The average molecular weight is 278 g/mol. The smallest absolute Gasteiger partial charge is 0.0603 e. The number of halogens is 2. The van der Waals surface area contributed by atoms with E-state index < -0.39 is 0 Å². The van der Waals surface area contributed by atoms with Crippen molar-refractivity contribution in [3.8, 4) is 0 Å². The first-order chi connectivity index (χ1) is 7.06. The highest BCUT2D eigenvalue weighted by atomic mass is 35.5. The van der Waals surface area contributed by atoms with E-state index in [1.807, 2.05) is 0 Å². The normalized spacial score (nSPS) is 13.9. The van der Waals surface area contributed by atoms with Gasteiger partial charge in [0.1, 0.15) is 0 Å². The maximum Gasteiger partial charge on any atom is 0.0603 e. The molecule has 2 rings (SSSR count). The zero-order valence-electron chi connectivity index (χ0n) is 10.3. The number of hydrogen-bond donors (Lipinski definition) is 2. The fraction of sp³-hybridized carbons (Fsp3) is 0.500. The number of benzene rings is 1. The monoisotopic (exact) mass is 277 g/mol. The van der Waals surface area contributed by atoms with Crippen LogP contribution in [0.4, 0.5) is 11.4 Å². The molecule has 0 saturated carbocycles. The molecule has 3 nitrogen and oxygen atoms in total. The summed E-state index contributed by atoms with van der Waals surface area (Å²) in [5.41, 5.74) is 8.39. The second-order valence-corrected chi connectivity index (χ2v) is 4.85. The van der Waals surface area contributed by atoms with E-state index in [-0.39, 0.29) is 30.4 Å². The van der Waals surface area contributed by atoms with E-state index in [0.717, 1.165) is 19.6 Å². The number of nitrogens with zero attached hydrogens (tertiary/aromatic N) is 1. The molecular formula is C12H21Cl2N3. The van der Waals surface area contributed by atoms with E-state index >= 15 is 0 Å². The molecule has 1 heterocycles. The number of anilines is 2. The van der Waals surface area contributed by atoms with Crippen LogP contribution in [0.1, 0.15) is 13.8 Å². The van der Waals surface area contributed by atoms with Crippen LogP contribution in [0.3, 0.4) is 0 Å². The number of hydrogen-bond acceptors (Lipinski definition) is 3. The Morgan fingerprint density at radius 1 is 1.29 bits per heavy atom. The van der Waals surface area contributed by atoms with Crippen molar-refractivity contribution in [2.24, 2.45) is 5.73 Å². The third-order valence-corrected chi connectivity index (χ3v) is 2.54. The summed E-state index contributed by atoms with van der Waals surface area (Å²) in [4.78, 5) is 2.35. The first-order valence-electron chi connectivity index (χ1n) is 5.43. The van der Waals surface area contributed by atoms with Gasteiger partial charge in [-0.15, -0.1) is 24.8 Å². The Hall–Kier alpha value is -0.640. The van der Waals surface area contributed by atoms with E-state index in [4.69, 9.17) is 5.73 Å². The summed E-state index contributed by atoms with van der Waals surface area (Å²) in [7, 11) is 0. The molecule has 0 bridgehead atoms. The summed E-state index contributed by atoms with van der Waals surface area (Å²) in [5.74, 6) is 0. The molecular weight excluding hydrogens is 257 g/mol. The summed E-state index contributed by atoms with van der Waals surface area (Å²) < 4.78 is 0. The zero-order valence-corrected chi connectivity index (χ0v) is 11.9. The minimum absolute atomic E-state index is 0. The molecule has 0 atom stereocenters. The van der Waals surface area contributed by atoms with Crippen molar-refractivity contribution < 1.29 is 0 Å². The molecule has 0 amide bonds. The van der Waals surface area contributed by atoms with Crippen molar-refractivity contribution in [1.29, 1.82) is 0 Å². The van der Waals surface area contributed by atoms with Crippen LogP contribution in [0, 0.1) is 0 Å². The summed E-state index contributed by atoms with van der Waals surface area (Å²) in [5, 5.41) is 3.40. The van der Waals surface area contributed by atoms with E-state index in [1.54, 1.807) is 0 Å². The van der Waals surface area contributed by atoms with Crippen molar-refractivity contribution in [3.63, 3.8) is 0 Å². The molecule has 0 unspecified atom stereocenters. The summed E-state index contributed by atoms with van der Waals surface area (Å²) in [6, 6.07) is 8.39. The van der Waals surface area contributed by atoms with Gasteiger partial charge in [0, 0.05) is 25.2 Å². The second-order valence-electron chi connectivity index (χ2n) is 4.85. The molecule has 0 radical (unpaired) electrons. The summed E-state index contributed by atoms with van der Waals surface area (Å²) in [6.45, 7) is 7.05. The van der Waals surface area contributed by atoms with Gasteiger partial charge in [0.2, 0.25) is 0 Å².